The molecule has 0 amide bonds. The number of hydrogen-bond acceptors (Lipinski definition) is 0. The van der Waals surface area contributed by atoms with Gasteiger partial charge in [0.2, 0.25) is 0 Å². The Balaban J connectivity index is 8.22. The van der Waals surface area contributed by atoms with Gasteiger partial charge < -0.3 is 0 Å². The van der Waals surface area contributed by atoms with Gasteiger partial charge in [0.05, 0.1) is 4.38 Å². The predicted octanol–water partition coefficient (Wildman–Crippen LogP) is 18.3. The Labute approximate surface area is 269 Å². The van der Waals surface area contributed by atoms with Crippen molar-refractivity contribution in [2.24, 2.45) is 0 Å². The topological polar surface area (TPSA) is 0 Å². The summed E-state index contributed by atoms with van der Waals surface area (Å²) in [5, 5.41) is 0. The van der Waals surface area contributed by atoms with Crippen molar-refractivity contribution in [1.29, 1.82) is 0 Å². The van der Waals surface area contributed by atoms with E-state index < -0.39 is 0 Å². The predicted molar refractivity (Wildman–Crippen MR) is 283 cm³/mol. The van der Waals surface area contributed by atoms with Crippen LogP contribution in [-0.4, -0.2) is 4.38 Å². The molecule has 0 spiro atoms. The van der Waals surface area contributed by atoms with Crippen LogP contribution in [0.5, 0.6) is 0 Å². The molecule has 0 radical (unpaired) electrons. The molecule has 33 heteroatoms. The second-order valence-electron chi connectivity index (χ2n) is 5.54. The van der Waals surface area contributed by atoms with Gasteiger partial charge in [-0.2, -0.15) is 0 Å². The largest absolute Gasteiger partial charge is 0.109 e. The van der Waals surface area contributed by atoms with Crippen LogP contribution in [0.1, 0.15) is 0 Å². The van der Waals surface area contributed by atoms with Crippen LogP contribution >= 0.6 is 268 Å². The summed E-state index contributed by atoms with van der Waals surface area (Å²) in [6.45, 7) is -1.54. The highest BCUT2D eigenvalue weighted by Crippen LogP contribution is 3.32. The molecule has 0 saturated heterocycles. The average molecular weight is 1070 g/mol. The summed E-state index contributed by atoms with van der Waals surface area (Å²) in [5.74, 6) is 0. The van der Waals surface area contributed by atoms with Gasteiger partial charge in [0.25, 0.3) is 0 Å². The molecule has 0 heterocycles. The van der Waals surface area contributed by atoms with Crippen LogP contribution in [0.2, 0.25) is 0 Å². The minimum absolute atomic E-state index is 0.0736. The molecule has 0 aromatic carbocycles. The molecule has 0 fully saturated rings. The molecule has 21 atom stereocenters. The fourth-order valence-corrected chi connectivity index (χ4v) is 312. The lowest BCUT2D eigenvalue weighted by molar-refractivity contribution is 1.87. The lowest BCUT2D eigenvalue weighted by atomic mass is 11.8. The molecule has 0 aliphatic heterocycles. The minimum atomic E-state index is -0.185. The summed E-state index contributed by atoms with van der Waals surface area (Å²) in [7, 11) is 60.7. The average Bonchev–Trinajstić information content (AvgIpc) is 2.62. The molecular formula is CH37P33. The summed E-state index contributed by atoms with van der Waals surface area (Å²) in [6, 6.07) is 0. The van der Waals surface area contributed by atoms with E-state index in [2.05, 4.69) is 161 Å². The summed E-state index contributed by atoms with van der Waals surface area (Å²) in [4.78, 5) is 0. The van der Waals surface area contributed by atoms with Crippen molar-refractivity contribution in [2.75, 3.05) is 0 Å². The monoisotopic (exact) mass is 1070 g/mol. The van der Waals surface area contributed by atoms with E-state index >= 15 is 0 Å². The van der Waals surface area contributed by atoms with E-state index in [4.69, 9.17) is 0 Å². The van der Waals surface area contributed by atoms with Crippen molar-refractivity contribution in [2.45, 2.75) is 4.38 Å². The molecule has 0 aromatic rings. The van der Waals surface area contributed by atoms with E-state index in [1.165, 1.54) is 0 Å². The summed E-state index contributed by atoms with van der Waals surface area (Å²) in [5.41, 5.74) is 0. The Morgan fingerprint density at radius 1 is 0.353 bits per heavy atom. The van der Waals surface area contributed by atoms with Crippen molar-refractivity contribution in [3.05, 3.63) is 0 Å². The summed E-state index contributed by atoms with van der Waals surface area (Å²) < 4.78 is 0.499. The van der Waals surface area contributed by atoms with Crippen molar-refractivity contribution in [3.63, 3.8) is 0 Å². The third-order valence-electron chi connectivity index (χ3n) is 3.30. The molecule has 0 nitrogen and oxygen atoms in total. The second kappa shape index (κ2) is 25.2. The molecule has 0 aromatic heterocycles. The molecule has 0 aliphatic carbocycles. The molecule has 206 valence electrons. The van der Waals surface area contributed by atoms with Gasteiger partial charge >= 0.3 is 0 Å². The van der Waals surface area contributed by atoms with Crippen LogP contribution in [0.4, 0.5) is 0 Å². The third-order valence-corrected chi connectivity index (χ3v) is 162. The Hall–Kier alpha value is 14.2. The van der Waals surface area contributed by atoms with Crippen molar-refractivity contribution in [1.82, 2.24) is 0 Å². The Morgan fingerprint density at radius 3 is 0.735 bits per heavy atom. The number of rotatable bonds is 15. The van der Waals surface area contributed by atoms with Gasteiger partial charge in [0.1, 0.15) is 0 Å². The fraction of sp³-hybridized carbons (Fsp3) is 1.00. The Morgan fingerprint density at radius 2 is 0.588 bits per heavy atom. The van der Waals surface area contributed by atoms with Crippen LogP contribution in [0.3, 0.4) is 0 Å². The van der Waals surface area contributed by atoms with Crippen LogP contribution in [0.25, 0.3) is 0 Å². The summed E-state index contributed by atoms with van der Waals surface area (Å²) >= 11 is 0. The normalized spacial score (nSPS) is 16.4. The highest BCUT2D eigenvalue weighted by molar-refractivity contribution is 9.22. The maximum atomic E-state index is 3.50. The van der Waals surface area contributed by atoms with E-state index in [0.717, 1.165) is 7.96 Å². The molecule has 0 N–H and O–H groups in total. The van der Waals surface area contributed by atoms with Gasteiger partial charge in [0, 0.05) is 0 Å². The Kier molecular flexibility index (Phi) is 35.7. The Bertz CT molecular complexity index is 456. The van der Waals surface area contributed by atoms with Gasteiger partial charge in [-0.05, 0) is 99.1 Å². The lowest BCUT2D eigenvalue weighted by Gasteiger charge is -2.63. The molecule has 34 heavy (non-hydrogen) atoms. The fourth-order valence-electron chi connectivity index (χ4n) is 2.49. The SMILES string of the molecule is PPP(P)P(P(P(P)P)P(P)P)C(P(P(P)P)P(P)P)(P(P(P)P)P(P)P)P(P(P)P)P(P)P. The van der Waals surface area contributed by atoms with Gasteiger partial charge in [0.15, 0.2) is 0 Å². The highest BCUT2D eigenvalue weighted by Gasteiger charge is 2.64. The first-order valence-corrected chi connectivity index (χ1v) is 64.8. The molecule has 21 unspecified atom stereocenters. The third kappa shape index (κ3) is 14.7. The van der Waals surface area contributed by atoms with E-state index in [1.807, 2.05) is 0 Å². The van der Waals surface area contributed by atoms with E-state index in [1.54, 1.807) is 0 Å². The minimum Gasteiger partial charge on any atom is -0.109 e. The zero-order chi connectivity index (χ0) is 27.3. The molecule has 0 aliphatic rings. The van der Waals surface area contributed by atoms with Gasteiger partial charge in [-0.3, -0.25) is 0 Å². The van der Waals surface area contributed by atoms with E-state index in [0.29, 0.717) is 4.38 Å². The maximum Gasteiger partial charge on any atom is 0.0854 e. The van der Waals surface area contributed by atoms with Crippen molar-refractivity contribution in [3.8, 4) is 0 Å². The van der Waals surface area contributed by atoms with Crippen molar-refractivity contribution >= 4 is 268 Å². The standard InChI is InChI=1S/CH37P33/c2-20-33(19)24(34(31(15)16)32(17)18)1(21(25(3)4)26(5)6,22(27(7)8)28(9)10)23(29(11)12)30(13)14/h20H,2-19H2. The van der Waals surface area contributed by atoms with Gasteiger partial charge in [-0.1, -0.05) is 7.96 Å². The molecule has 0 rings (SSSR count). The van der Waals surface area contributed by atoms with Crippen LogP contribution in [-0.2, 0) is 0 Å². The van der Waals surface area contributed by atoms with E-state index in [-0.39, 0.29) is 99.1 Å². The molecule has 0 saturated carbocycles. The summed E-state index contributed by atoms with van der Waals surface area (Å²) in [6.07, 6.45) is 0. The first kappa shape index (κ1) is 48.2. The lowest BCUT2D eigenvalue weighted by Crippen LogP contribution is -2.11. The zero-order valence-electron chi connectivity index (χ0n) is 17.7. The number of hydrogen-bond donors (Lipinski definition) is 0. The quantitative estimate of drug-likeness (QED) is 0.143. The van der Waals surface area contributed by atoms with Gasteiger partial charge in [-0.25, -0.2) is 0 Å². The smallest absolute Gasteiger partial charge is 0.0854 e. The first-order valence-electron chi connectivity index (χ1n) is 7.80. The van der Waals surface area contributed by atoms with Crippen LogP contribution < -0.4 is 0 Å². The van der Waals surface area contributed by atoms with Crippen molar-refractivity contribution < 1.29 is 0 Å². The van der Waals surface area contributed by atoms with E-state index in [9.17, 15) is 0 Å². The maximum absolute atomic E-state index is 3.50. The zero-order valence-corrected chi connectivity index (χ0v) is 52.0. The van der Waals surface area contributed by atoms with Crippen LogP contribution in [0, 0.1) is 0 Å². The van der Waals surface area contributed by atoms with Crippen LogP contribution in [0.15, 0.2) is 0 Å². The molecule has 0 bridgehead atoms. The second-order valence-corrected chi connectivity index (χ2v) is 124. The molecular weight excluding hydrogens is 1030 g/mol. The van der Waals surface area contributed by atoms with Gasteiger partial charge in [-0.15, -0.1) is 161 Å². The first-order chi connectivity index (χ1) is 15.4. The highest BCUT2D eigenvalue weighted by atomic mass is 33.2.